The fraction of sp³-hybridized carbons (Fsp3) is 0.455. The zero-order valence-electron chi connectivity index (χ0n) is 9.43. The minimum Gasteiger partial charge on any atom is -0.319 e. The van der Waals surface area contributed by atoms with E-state index in [1.54, 1.807) is 22.7 Å². The monoisotopic (exact) mass is 253 g/mol. The van der Waals surface area contributed by atoms with E-state index in [0.717, 1.165) is 29.2 Å². The normalized spacial score (nSPS) is 11.9. The standard InChI is InChI=1S/C11H15N3S2/c1-3-11(12,4-2)10-14-9(6-16-10)8-5-15-7-13-8/h5-7H,3-4,12H2,1-2H3. The first-order chi connectivity index (χ1) is 7.69. The first kappa shape index (κ1) is 11.7. The number of rotatable bonds is 4. The van der Waals surface area contributed by atoms with Crippen LogP contribution in [0.4, 0.5) is 0 Å². The van der Waals surface area contributed by atoms with Crippen LogP contribution in [0.3, 0.4) is 0 Å². The molecule has 86 valence electrons. The Kier molecular flexibility index (Phi) is 3.37. The van der Waals surface area contributed by atoms with Gasteiger partial charge < -0.3 is 5.73 Å². The predicted octanol–water partition coefficient (Wildman–Crippen LogP) is 3.24. The topological polar surface area (TPSA) is 51.8 Å². The van der Waals surface area contributed by atoms with Gasteiger partial charge >= 0.3 is 0 Å². The van der Waals surface area contributed by atoms with E-state index in [1.165, 1.54) is 0 Å². The van der Waals surface area contributed by atoms with E-state index in [4.69, 9.17) is 5.73 Å². The van der Waals surface area contributed by atoms with Gasteiger partial charge in [-0.15, -0.1) is 22.7 Å². The van der Waals surface area contributed by atoms with Gasteiger partial charge in [0.1, 0.15) is 16.4 Å². The van der Waals surface area contributed by atoms with E-state index in [9.17, 15) is 0 Å². The number of nitrogens with two attached hydrogens (primary N) is 1. The van der Waals surface area contributed by atoms with Crippen molar-refractivity contribution in [3.8, 4) is 11.4 Å². The first-order valence-electron chi connectivity index (χ1n) is 5.33. The summed E-state index contributed by atoms with van der Waals surface area (Å²) >= 11 is 3.22. The van der Waals surface area contributed by atoms with Gasteiger partial charge in [0, 0.05) is 10.8 Å². The summed E-state index contributed by atoms with van der Waals surface area (Å²) in [6.07, 6.45) is 1.82. The Morgan fingerprint density at radius 1 is 1.25 bits per heavy atom. The Morgan fingerprint density at radius 3 is 2.56 bits per heavy atom. The first-order valence-corrected chi connectivity index (χ1v) is 7.15. The summed E-state index contributed by atoms with van der Waals surface area (Å²) in [4.78, 5) is 8.86. The largest absolute Gasteiger partial charge is 0.319 e. The fourth-order valence-corrected chi connectivity index (χ4v) is 3.13. The van der Waals surface area contributed by atoms with Gasteiger partial charge in [-0.3, -0.25) is 0 Å². The van der Waals surface area contributed by atoms with Crippen molar-refractivity contribution in [2.75, 3.05) is 0 Å². The van der Waals surface area contributed by atoms with Gasteiger partial charge in [-0.1, -0.05) is 13.8 Å². The van der Waals surface area contributed by atoms with E-state index in [2.05, 4.69) is 23.8 Å². The second-order valence-electron chi connectivity index (χ2n) is 3.77. The molecule has 2 heterocycles. The van der Waals surface area contributed by atoms with Crippen molar-refractivity contribution in [2.24, 2.45) is 5.73 Å². The van der Waals surface area contributed by atoms with Crippen LogP contribution in [0.25, 0.3) is 11.4 Å². The highest BCUT2D eigenvalue weighted by Gasteiger charge is 2.26. The van der Waals surface area contributed by atoms with Crippen molar-refractivity contribution >= 4 is 22.7 Å². The highest BCUT2D eigenvalue weighted by molar-refractivity contribution is 7.10. The molecule has 0 aliphatic heterocycles. The molecule has 5 heteroatoms. The third-order valence-electron chi connectivity index (χ3n) is 2.89. The molecule has 0 saturated carbocycles. The van der Waals surface area contributed by atoms with E-state index in [1.807, 2.05) is 16.3 Å². The molecule has 2 N–H and O–H groups in total. The predicted molar refractivity (Wildman–Crippen MR) is 69.7 cm³/mol. The lowest BCUT2D eigenvalue weighted by molar-refractivity contribution is 0.411. The summed E-state index contributed by atoms with van der Waals surface area (Å²) in [5, 5.41) is 5.06. The summed E-state index contributed by atoms with van der Waals surface area (Å²) in [6, 6.07) is 0. The van der Waals surface area contributed by atoms with Gasteiger partial charge in [-0.05, 0) is 12.8 Å². The van der Waals surface area contributed by atoms with E-state index < -0.39 is 0 Å². The van der Waals surface area contributed by atoms with Gasteiger partial charge in [-0.25, -0.2) is 9.97 Å². The summed E-state index contributed by atoms with van der Waals surface area (Å²) in [5.41, 5.74) is 9.75. The Balaban J connectivity index is 2.33. The maximum Gasteiger partial charge on any atom is 0.113 e. The molecule has 0 unspecified atom stereocenters. The van der Waals surface area contributed by atoms with Gasteiger partial charge in [0.05, 0.1) is 11.0 Å². The van der Waals surface area contributed by atoms with Crippen LogP contribution in [-0.2, 0) is 5.54 Å². The number of nitrogens with zero attached hydrogens (tertiary/aromatic N) is 2. The van der Waals surface area contributed by atoms with Crippen molar-refractivity contribution in [1.29, 1.82) is 0 Å². The SMILES string of the molecule is CCC(N)(CC)c1nc(-c2cscn2)cs1. The van der Waals surface area contributed by atoms with Gasteiger partial charge in [0.25, 0.3) is 0 Å². The van der Waals surface area contributed by atoms with Crippen molar-refractivity contribution < 1.29 is 0 Å². The van der Waals surface area contributed by atoms with Crippen molar-refractivity contribution in [2.45, 2.75) is 32.2 Å². The Morgan fingerprint density at radius 2 is 2.00 bits per heavy atom. The molecule has 2 aromatic rings. The maximum absolute atomic E-state index is 6.31. The molecular weight excluding hydrogens is 238 g/mol. The highest BCUT2D eigenvalue weighted by Crippen LogP contribution is 2.31. The molecular formula is C11H15N3S2. The summed E-state index contributed by atoms with van der Waals surface area (Å²) in [6.45, 7) is 4.21. The van der Waals surface area contributed by atoms with Gasteiger partial charge in [0.2, 0.25) is 0 Å². The molecule has 0 aromatic carbocycles. The molecule has 0 spiro atoms. The fourth-order valence-electron chi connectivity index (χ4n) is 1.51. The zero-order chi connectivity index (χ0) is 11.6. The van der Waals surface area contributed by atoms with Crippen LogP contribution in [-0.4, -0.2) is 9.97 Å². The van der Waals surface area contributed by atoms with Gasteiger partial charge in [0.15, 0.2) is 0 Å². The lowest BCUT2D eigenvalue weighted by Gasteiger charge is -2.23. The van der Waals surface area contributed by atoms with Crippen LogP contribution in [0.5, 0.6) is 0 Å². The Hall–Kier alpha value is -0.780. The molecule has 0 amide bonds. The quantitative estimate of drug-likeness (QED) is 0.910. The third kappa shape index (κ3) is 2.03. The Bertz CT molecular complexity index is 444. The van der Waals surface area contributed by atoms with Crippen LogP contribution >= 0.6 is 22.7 Å². The average Bonchev–Trinajstić information content (AvgIpc) is 2.97. The zero-order valence-corrected chi connectivity index (χ0v) is 11.1. The molecule has 16 heavy (non-hydrogen) atoms. The highest BCUT2D eigenvalue weighted by atomic mass is 32.1. The lowest BCUT2D eigenvalue weighted by atomic mass is 9.95. The molecule has 3 nitrogen and oxygen atoms in total. The second kappa shape index (κ2) is 4.61. The number of hydrogen-bond acceptors (Lipinski definition) is 5. The van der Waals surface area contributed by atoms with Crippen LogP contribution in [0.1, 0.15) is 31.7 Å². The maximum atomic E-state index is 6.31. The second-order valence-corrected chi connectivity index (χ2v) is 5.35. The average molecular weight is 253 g/mol. The molecule has 2 aromatic heterocycles. The molecule has 0 fully saturated rings. The van der Waals surface area contributed by atoms with Crippen LogP contribution < -0.4 is 5.73 Å². The smallest absolute Gasteiger partial charge is 0.113 e. The van der Waals surface area contributed by atoms with E-state index >= 15 is 0 Å². The summed E-state index contributed by atoms with van der Waals surface area (Å²) in [7, 11) is 0. The van der Waals surface area contributed by atoms with Crippen molar-refractivity contribution in [3.63, 3.8) is 0 Å². The van der Waals surface area contributed by atoms with Crippen LogP contribution in [0.15, 0.2) is 16.3 Å². The number of thiazole rings is 2. The molecule has 0 aliphatic rings. The van der Waals surface area contributed by atoms with Gasteiger partial charge in [-0.2, -0.15) is 0 Å². The molecule has 0 radical (unpaired) electrons. The molecule has 0 aliphatic carbocycles. The van der Waals surface area contributed by atoms with Crippen molar-refractivity contribution in [1.82, 2.24) is 9.97 Å². The number of hydrogen-bond donors (Lipinski definition) is 1. The minimum absolute atomic E-state index is 0.279. The minimum atomic E-state index is -0.279. The lowest BCUT2D eigenvalue weighted by Crippen LogP contribution is -2.34. The molecule has 0 atom stereocenters. The third-order valence-corrected chi connectivity index (χ3v) is 4.54. The van der Waals surface area contributed by atoms with E-state index in [0.29, 0.717) is 0 Å². The summed E-state index contributed by atoms with van der Waals surface area (Å²) < 4.78 is 0. The molecule has 0 bridgehead atoms. The molecule has 2 rings (SSSR count). The van der Waals surface area contributed by atoms with Crippen LogP contribution in [0.2, 0.25) is 0 Å². The van der Waals surface area contributed by atoms with Crippen LogP contribution in [0, 0.1) is 0 Å². The molecule has 0 saturated heterocycles. The van der Waals surface area contributed by atoms with E-state index in [-0.39, 0.29) is 5.54 Å². The summed E-state index contributed by atoms with van der Waals surface area (Å²) in [5.74, 6) is 0. The number of aromatic nitrogens is 2. The Labute approximate surface area is 103 Å². The van der Waals surface area contributed by atoms with Crippen molar-refractivity contribution in [3.05, 3.63) is 21.3 Å².